The SMILES string of the molecule is CCCCCCC(Oc1ccc(C2=CCCCCC2)cc1)C(=O)OCC. The lowest BCUT2D eigenvalue weighted by atomic mass is 10.0. The first-order valence-corrected chi connectivity index (χ1v) is 10.4. The van der Waals surface area contributed by atoms with E-state index in [0.717, 1.165) is 25.0 Å². The van der Waals surface area contributed by atoms with E-state index in [1.165, 1.54) is 49.7 Å². The molecular formula is C23H34O3. The van der Waals surface area contributed by atoms with E-state index in [1.54, 1.807) is 0 Å². The molecule has 1 aromatic rings. The van der Waals surface area contributed by atoms with Gasteiger partial charge in [0, 0.05) is 0 Å². The topological polar surface area (TPSA) is 35.5 Å². The number of hydrogen-bond donors (Lipinski definition) is 0. The second-order valence-corrected chi connectivity index (χ2v) is 7.06. The molecule has 0 aliphatic heterocycles. The number of ether oxygens (including phenoxy) is 2. The largest absolute Gasteiger partial charge is 0.479 e. The van der Waals surface area contributed by atoms with Crippen molar-refractivity contribution in [3.63, 3.8) is 0 Å². The summed E-state index contributed by atoms with van der Waals surface area (Å²) in [6.45, 7) is 4.41. The van der Waals surface area contributed by atoms with E-state index in [0.29, 0.717) is 13.0 Å². The van der Waals surface area contributed by atoms with Crippen LogP contribution >= 0.6 is 0 Å². The van der Waals surface area contributed by atoms with E-state index >= 15 is 0 Å². The molecule has 1 aliphatic carbocycles. The molecule has 0 spiro atoms. The normalized spacial score (nSPS) is 15.7. The summed E-state index contributed by atoms with van der Waals surface area (Å²) in [6.07, 6.45) is 13.3. The van der Waals surface area contributed by atoms with Gasteiger partial charge in [0.1, 0.15) is 5.75 Å². The molecular weight excluding hydrogens is 324 g/mol. The first-order valence-electron chi connectivity index (χ1n) is 10.4. The smallest absolute Gasteiger partial charge is 0.347 e. The highest BCUT2D eigenvalue weighted by Gasteiger charge is 2.21. The molecule has 1 atom stereocenters. The Hall–Kier alpha value is -1.77. The van der Waals surface area contributed by atoms with E-state index in [2.05, 4.69) is 25.1 Å². The summed E-state index contributed by atoms with van der Waals surface area (Å²) in [4.78, 5) is 12.2. The van der Waals surface area contributed by atoms with E-state index in [9.17, 15) is 4.79 Å². The lowest BCUT2D eigenvalue weighted by Gasteiger charge is -2.18. The quantitative estimate of drug-likeness (QED) is 0.363. The lowest BCUT2D eigenvalue weighted by molar-refractivity contribution is -0.151. The van der Waals surface area contributed by atoms with Gasteiger partial charge < -0.3 is 9.47 Å². The van der Waals surface area contributed by atoms with E-state index in [1.807, 2.05) is 19.1 Å². The van der Waals surface area contributed by atoms with Gasteiger partial charge in [0.2, 0.25) is 0 Å². The van der Waals surface area contributed by atoms with Gasteiger partial charge in [0.15, 0.2) is 6.10 Å². The van der Waals surface area contributed by atoms with Gasteiger partial charge in [-0.3, -0.25) is 0 Å². The van der Waals surface area contributed by atoms with Gasteiger partial charge in [-0.05, 0) is 68.7 Å². The number of unbranched alkanes of at least 4 members (excludes halogenated alkanes) is 3. The van der Waals surface area contributed by atoms with Gasteiger partial charge >= 0.3 is 5.97 Å². The Labute approximate surface area is 158 Å². The van der Waals surface area contributed by atoms with Crippen LogP contribution in [-0.4, -0.2) is 18.7 Å². The van der Waals surface area contributed by atoms with Gasteiger partial charge in [-0.1, -0.05) is 50.8 Å². The molecule has 0 fully saturated rings. The summed E-state index contributed by atoms with van der Waals surface area (Å²) in [5, 5.41) is 0. The summed E-state index contributed by atoms with van der Waals surface area (Å²) in [5.74, 6) is 0.496. The average Bonchev–Trinajstić information content (AvgIpc) is 2.94. The zero-order chi connectivity index (χ0) is 18.6. The van der Waals surface area contributed by atoms with Crippen molar-refractivity contribution in [2.75, 3.05) is 6.61 Å². The molecule has 0 amide bonds. The Bertz CT molecular complexity index is 559. The van der Waals surface area contributed by atoms with Crippen LogP contribution < -0.4 is 4.74 Å². The Morgan fingerprint density at radius 1 is 1.04 bits per heavy atom. The highest BCUT2D eigenvalue weighted by atomic mass is 16.6. The third-order valence-corrected chi connectivity index (χ3v) is 4.91. The van der Waals surface area contributed by atoms with Crippen molar-refractivity contribution in [1.29, 1.82) is 0 Å². The highest BCUT2D eigenvalue weighted by molar-refractivity contribution is 5.75. The Balaban J connectivity index is 1.97. The Kier molecular flexibility index (Phi) is 9.30. The van der Waals surface area contributed by atoms with Crippen molar-refractivity contribution in [2.45, 2.75) is 84.2 Å². The fourth-order valence-corrected chi connectivity index (χ4v) is 3.41. The van der Waals surface area contributed by atoms with Crippen molar-refractivity contribution in [3.8, 4) is 5.75 Å². The van der Waals surface area contributed by atoms with E-state index < -0.39 is 6.10 Å². The van der Waals surface area contributed by atoms with Crippen LogP contribution in [0.4, 0.5) is 0 Å². The standard InChI is InChI=1S/C23H34O3/c1-3-5-6-11-14-22(23(24)25-4-2)26-21-17-15-20(16-18-21)19-12-9-7-8-10-13-19/h12,15-18,22H,3-11,13-14H2,1-2H3. The minimum Gasteiger partial charge on any atom is -0.479 e. The second kappa shape index (κ2) is 11.8. The third-order valence-electron chi connectivity index (χ3n) is 4.91. The lowest BCUT2D eigenvalue weighted by Crippen LogP contribution is -2.29. The molecule has 3 heteroatoms. The van der Waals surface area contributed by atoms with Gasteiger partial charge in [-0.25, -0.2) is 4.79 Å². The first kappa shape index (κ1) is 20.5. The van der Waals surface area contributed by atoms with Crippen molar-refractivity contribution in [2.24, 2.45) is 0 Å². The van der Waals surface area contributed by atoms with Crippen LogP contribution in [0.15, 0.2) is 30.3 Å². The van der Waals surface area contributed by atoms with Crippen LogP contribution in [0.25, 0.3) is 5.57 Å². The molecule has 0 saturated carbocycles. The molecule has 0 saturated heterocycles. The van der Waals surface area contributed by atoms with Crippen molar-refractivity contribution < 1.29 is 14.3 Å². The van der Waals surface area contributed by atoms with Crippen LogP contribution in [0.2, 0.25) is 0 Å². The van der Waals surface area contributed by atoms with Crippen LogP contribution in [0.3, 0.4) is 0 Å². The molecule has 0 aromatic heterocycles. The maximum Gasteiger partial charge on any atom is 0.347 e. The summed E-state index contributed by atoms with van der Waals surface area (Å²) in [6, 6.07) is 8.20. The van der Waals surface area contributed by atoms with Gasteiger partial charge in [-0.15, -0.1) is 0 Å². The predicted molar refractivity (Wildman–Crippen MR) is 107 cm³/mol. The van der Waals surface area contributed by atoms with E-state index in [-0.39, 0.29) is 5.97 Å². The van der Waals surface area contributed by atoms with Crippen molar-refractivity contribution in [1.82, 2.24) is 0 Å². The fraction of sp³-hybridized carbons (Fsp3) is 0.609. The number of allylic oxidation sites excluding steroid dienone is 2. The molecule has 0 radical (unpaired) electrons. The van der Waals surface area contributed by atoms with Crippen LogP contribution in [0, 0.1) is 0 Å². The van der Waals surface area contributed by atoms with Crippen LogP contribution in [0.1, 0.15) is 83.6 Å². The summed E-state index contributed by atoms with van der Waals surface area (Å²) in [7, 11) is 0. The van der Waals surface area contributed by atoms with Crippen LogP contribution in [-0.2, 0) is 9.53 Å². The molecule has 0 heterocycles. The van der Waals surface area contributed by atoms with Gasteiger partial charge in [0.25, 0.3) is 0 Å². The summed E-state index contributed by atoms with van der Waals surface area (Å²) in [5.41, 5.74) is 2.71. The van der Waals surface area contributed by atoms with Gasteiger partial charge in [-0.2, -0.15) is 0 Å². The monoisotopic (exact) mass is 358 g/mol. The molecule has 1 unspecified atom stereocenters. The second-order valence-electron chi connectivity index (χ2n) is 7.06. The maximum atomic E-state index is 12.2. The first-order chi connectivity index (χ1) is 12.7. The van der Waals surface area contributed by atoms with Crippen LogP contribution in [0.5, 0.6) is 5.75 Å². The summed E-state index contributed by atoms with van der Waals surface area (Å²) < 4.78 is 11.2. The van der Waals surface area contributed by atoms with E-state index in [4.69, 9.17) is 9.47 Å². The highest BCUT2D eigenvalue weighted by Crippen LogP contribution is 2.27. The Morgan fingerprint density at radius 3 is 2.58 bits per heavy atom. The molecule has 1 aromatic carbocycles. The fourth-order valence-electron chi connectivity index (χ4n) is 3.41. The molecule has 3 nitrogen and oxygen atoms in total. The minimum absolute atomic E-state index is 0.250. The molecule has 1 aliphatic rings. The molecule has 26 heavy (non-hydrogen) atoms. The molecule has 0 N–H and O–H groups in total. The number of benzene rings is 1. The molecule has 0 bridgehead atoms. The molecule has 144 valence electrons. The number of hydrogen-bond acceptors (Lipinski definition) is 3. The number of rotatable bonds is 10. The average molecular weight is 359 g/mol. The van der Waals surface area contributed by atoms with Gasteiger partial charge in [0.05, 0.1) is 6.61 Å². The Morgan fingerprint density at radius 2 is 1.85 bits per heavy atom. The zero-order valence-electron chi connectivity index (χ0n) is 16.5. The predicted octanol–water partition coefficient (Wildman–Crippen LogP) is 6.32. The third kappa shape index (κ3) is 6.86. The number of carbonyl (C=O) groups is 1. The number of carbonyl (C=O) groups excluding carboxylic acids is 1. The molecule has 2 rings (SSSR count). The minimum atomic E-state index is -0.505. The number of esters is 1. The summed E-state index contributed by atoms with van der Waals surface area (Å²) >= 11 is 0. The maximum absolute atomic E-state index is 12.2. The zero-order valence-corrected chi connectivity index (χ0v) is 16.5. The van der Waals surface area contributed by atoms with Crippen molar-refractivity contribution >= 4 is 11.5 Å². The van der Waals surface area contributed by atoms with Crippen molar-refractivity contribution in [3.05, 3.63) is 35.9 Å².